The van der Waals surface area contributed by atoms with Crippen molar-refractivity contribution in [1.82, 2.24) is 14.9 Å². The smallest absolute Gasteiger partial charge is 0.266 e. The summed E-state index contributed by atoms with van der Waals surface area (Å²) in [6.45, 7) is 1.29. The summed E-state index contributed by atoms with van der Waals surface area (Å²) >= 11 is 1.29. The number of amides is 1. The van der Waals surface area contributed by atoms with Crippen LogP contribution in [-0.2, 0) is 4.74 Å². The number of nitrogens with two attached hydrogens (primary N) is 1. The van der Waals surface area contributed by atoms with Gasteiger partial charge in [-0.2, -0.15) is 0 Å². The van der Waals surface area contributed by atoms with E-state index in [1.54, 1.807) is 24.3 Å². The van der Waals surface area contributed by atoms with Gasteiger partial charge in [0.2, 0.25) is 0 Å². The Hall–Kier alpha value is -1.73. The predicted octanol–water partition coefficient (Wildman–Crippen LogP) is 1.13. The lowest BCUT2D eigenvalue weighted by atomic mass is 10.2. The number of fused-ring (bicyclic) bond motifs is 1. The zero-order valence-electron chi connectivity index (χ0n) is 10.5. The molecule has 2 aromatic heterocycles. The van der Waals surface area contributed by atoms with Crippen LogP contribution < -0.4 is 5.73 Å². The van der Waals surface area contributed by atoms with Crippen LogP contribution in [0.1, 0.15) is 16.1 Å². The largest absolute Gasteiger partial charge is 0.396 e. The Bertz CT molecular complexity index is 621. The van der Waals surface area contributed by atoms with Gasteiger partial charge in [0.05, 0.1) is 18.3 Å². The Morgan fingerprint density at radius 3 is 3.00 bits per heavy atom. The first kappa shape index (κ1) is 12.3. The minimum absolute atomic E-state index is 0.0854. The van der Waals surface area contributed by atoms with Crippen molar-refractivity contribution in [3.63, 3.8) is 0 Å². The standard InChI is InChI=1S/C12H14N4O2S/c1-16(7-2-5-18-6-7)12(17)10-8(13)9-11(19-10)15-4-3-14-9/h3-4,7H,2,5-6,13H2,1H3. The summed E-state index contributed by atoms with van der Waals surface area (Å²) < 4.78 is 5.31. The number of thiophene rings is 1. The molecular formula is C12H14N4O2S. The molecular weight excluding hydrogens is 264 g/mol. The van der Waals surface area contributed by atoms with Crippen LogP contribution in [0.4, 0.5) is 5.69 Å². The maximum Gasteiger partial charge on any atom is 0.266 e. The van der Waals surface area contributed by atoms with Crippen LogP contribution in [0, 0.1) is 0 Å². The van der Waals surface area contributed by atoms with Gasteiger partial charge < -0.3 is 15.4 Å². The molecule has 7 heteroatoms. The van der Waals surface area contributed by atoms with Crippen molar-refractivity contribution in [3.8, 4) is 0 Å². The van der Waals surface area contributed by atoms with Gasteiger partial charge in [0.25, 0.3) is 5.91 Å². The van der Waals surface area contributed by atoms with Crippen LogP contribution in [0.25, 0.3) is 10.3 Å². The fourth-order valence-electron chi connectivity index (χ4n) is 2.16. The van der Waals surface area contributed by atoms with E-state index >= 15 is 0 Å². The SMILES string of the molecule is CN(C(=O)c1sc2nccnc2c1N)C1CCOC1. The minimum Gasteiger partial charge on any atom is -0.396 e. The number of anilines is 1. The van der Waals surface area contributed by atoms with E-state index in [-0.39, 0.29) is 11.9 Å². The van der Waals surface area contributed by atoms with Gasteiger partial charge in [0, 0.05) is 26.0 Å². The summed E-state index contributed by atoms with van der Waals surface area (Å²) in [7, 11) is 1.78. The van der Waals surface area contributed by atoms with Crippen molar-refractivity contribution >= 4 is 33.3 Å². The third-order valence-electron chi connectivity index (χ3n) is 3.33. The Kier molecular flexibility index (Phi) is 3.08. The Labute approximate surface area is 114 Å². The fourth-order valence-corrected chi connectivity index (χ4v) is 3.16. The number of ether oxygens (including phenoxy) is 1. The number of nitrogens with zero attached hydrogens (tertiary/aromatic N) is 3. The molecule has 0 radical (unpaired) electrons. The van der Waals surface area contributed by atoms with Crippen molar-refractivity contribution in [1.29, 1.82) is 0 Å². The summed E-state index contributed by atoms with van der Waals surface area (Å²) in [5.74, 6) is -0.0854. The van der Waals surface area contributed by atoms with E-state index in [4.69, 9.17) is 10.5 Å². The summed E-state index contributed by atoms with van der Waals surface area (Å²) in [6, 6.07) is 0.123. The number of aromatic nitrogens is 2. The number of rotatable bonds is 2. The third-order valence-corrected chi connectivity index (χ3v) is 4.42. The van der Waals surface area contributed by atoms with Crippen LogP contribution in [0.3, 0.4) is 0 Å². The highest BCUT2D eigenvalue weighted by molar-refractivity contribution is 7.21. The molecule has 19 heavy (non-hydrogen) atoms. The monoisotopic (exact) mass is 278 g/mol. The van der Waals surface area contributed by atoms with Crippen molar-refractivity contribution in [2.75, 3.05) is 26.0 Å². The number of hydrogen-bond acceptors (Lipinski definition) is 6. The highest BCUT2D eigenvalue weighted by Gasteiger charge is 2.28. The van der Waals surface area contributed by atoms with Crippen LogP contribution in [0.5, 0.6) is 0 Å². The van der Waals surface area contributed by atoms with Gasteiger partial charge in [-0.25, -0.2) is 9.97 Å². The highest BCUT2D eigenvalue weighted by atomic mass is 32.1. The van der Waals surface area contributed by atoms with E-state index in [9.17, 15) is 4.79 Å². The van der Waals surface area contributed by atoms with E-state index in [1.165, 1.54) is 11.3 Å². The second-order valence-corrected chi connectivity index (χ2v) is 5.49. The topological polar surface area (TPSA) is 81.3 Å². The van der Waals surface area contributed by atoms with E-state index in [1.807, 2.05) is 0 Å². The van der Waals surface area contributed by atoms with Crippen molar-refractivity contribution in [2.24, 2.45) is 0 Å². The lowest BCUT2D eigenvalue weighted by molar-refractivity contribution is 0.0717. The number of carbonyl (C=O) groups excluding carboxylic acids is 1. The molecule has 1 fully saturated rings. The Morgan fingerprint density at radius 2 is 2.32 bits per heavy atom. The number of hydrogen-bond donors (Lipinski definition) is 1. The van der Waals surface area contributed by atoms with E-state index < -0.39 is 0 Å². The minimum atomic E-state index is -0.0854. The second kappa shape index (κ2) is 4.75. The molecule has 0 saturated carbocycles. The molecule has 1 aliphatic heterocycles. The second-order valence-electron chi connectivity index (χ2n) is 4.49. The van der Waals surface area contributed by atoms with Gasteiger partial charge in [0.1, 0.15) is 15.2 Å². The molecule has 1 saturated heterocycles. The number of likely N-dealkylation sites (N-methyl/N-ethyl adjacent to an activating group) is 1. The molecule has 1 atom stereocenters. The summed E-state index contributed by atoms with van der Waals surface area (Å²) in [4.78, 5) is 23.7. The Morgan fingerprint density at radius 1 is 1.53 bits per heavy atom. The van der Waals surface area contributed by atoms with E-state index in [0.29, 0.717) is 34.1 Å². The first-order valence-electron chi connectivity index (χ1n) is 6.02. The molecule has 2 N–H and O–H groups in total. The molecule has 0 aliphatic carbocycles. The fraction of sp³-hybridized carbons (Fsp3) is 0.417. The molecule has 3 rings (SSSR count). The van der Waals surface area contributed by atoms with Gasteiger partial charge >= 0.3 is 0 Å². The van der Waals surface area contributed by atoms with Crippen LogP contribution >= 0.6 is 11.3 Å². The quantitative estimate of drug-likeness (QED) is 0.890. The highest BCUT2D eigenvalue weighted by Crippen LogP contribution is 2.31. The maximum atomic E-state index is 12.5. The van der Waals surface area contributed by atoms with Gasteiger partial charge in [0.15, 0.2) is 0 Å². The van der Waals surface area contributed by atoms with Gasteiger partial charge in [-0.3, -0.25) is 4.79 Å². The van der Waals surface area contributed by atoms with Gasteiger partial charge in [-0.05, 0) is 6.42 Å². The van der Waals surface area contributed by atoms with Crippen LogP contribution in [-0.4, -0.2) is 47.1 Å². The average molecular weight is 278 g/mol. The van der Waals surface area contributed by atoms with Crippen molar-refractivity contribution in [3.05, 3.63) is 17.3 Å². The predicted molar refractivity (Wildman–Crippen MR) is 73.1 cm³/mol. The molecule has 0 aromatic carbocycles. The lowest BCUT2D eigenvalue weighted by Gasteiger charge is -2.22. The maximum absolute atomic E-state index is 12.5. The molecule has 6 nitrogen and oxygen atoms in total. The molecule has 0 spiro atoms. The summed E-state index contributed by atoms with van der Waals surface area (Å²) in [5, 5.41) is 0. The zero-order chi connectivity index (χ0) is 13.4. The number of carbonyl (C=O) groups is 1. The molecule has 1 aliphatic rings. The van der Waals surface area contributed by atoms with Crippen LogP contribution in [0.15, 0.2) is 12.4 Å². The Balaban J connectivity index is 1.94. The molecule has 3 heterocycles. The lowest BCUT2D eigenvalue weighted by Crippen LogP contribution is -2.37. The molecule has 1 unspecified atom stereocenters. The summed E-state index contributed by atoms with van der Waals surface area (Å²) in [6.07, 6.45) is 4.04. The molecule has 0 bridgehead atoms. The zero-order valence-corrected chi connectivity index (χ0v) is 11.3. The normalized spacial score (nSPS) is 18.9. The molecule has 100 valence electrons. The van der Waals surface area contributed by atoms with E-state index in [0.717, 1.165) is 6.42 Å². The van der Waals surface area contributed by atoms with Crippen molar-refractivity contribution in [2.45, 2.75) is 12.5 Å². The molecule has 2 aromatic rings. The first-order chi connectivity index (χ1) is 9.18. The third kappa shape index (κ3) is 2.04. The first-order valence-corrected chi connectivity index (χ1v) is 6.84. The van der Waals surface area contributed by atoms with Gasteiger partial charge in [-0.15, -0.1) is 11.3 Å². The van der Waals surface area contributed by atoms with Crippen molar-refractivity contribution < 1.29 is 9.53 Å². The van der Waals surface area contributed by atoms with E-state index in [2.05, 4.69) is 9.97 Å². The van der Waals surface area contributed by atoms with Gasteiger partial charge in [-0.1, -0.05) is 0 Å². The molecule has 1 amide bonds. The number of nitrogen functional groups attached to an aromatic ring is 1. The van der Waals surface area contributed by atoms with Crippen LogP contribution in [0.2, 0.25) is 0 Å². The summed E-state index contributed by atoms with van der Waals surface area (Å²) in [5.41, 5.74) is 7.03. The average Bonchev–Trinajstić information content (AvgIpc) is 3.06.